The molecule has 1 saturated heterocycles. The second kappa shape index (κ2) is 7.93. The standard InChI is InChI=1S/C14H21ClFN3O8/c1-2-3-4-9(16)19(26)13(24)10(21)8(6-20)27-14(13,25)18-5-7(15)11(22)17-12(18)23/h5,8-10,20-21,24-26H,2-4,6H2,1H3,(H,17,22,23)/t8-,9?,10-,13-,14+/m1/s1. The Balaban J connectivity index is 2.62. The number of rotatable bonds is 7. The highest BCUT2D eigenvalue weighted by atomic mass is 35.5. The smallest absolute Gasteiger partial charge is 0.332 e. The van der Waals surface area contributed by atoms with Crippen molar-refractivity contribution >= 4 is 11.6 Å². The number of alkyl halides is 1. The maximum atomic E-state index is 14.4. The van der Waals surface area contributed by atoms with Crippen molar-refractivity contribution in [2.24, 2.45) is 0 Å². The van der Waals surface area contributed by atoms with Crippen LogP contribution in [0.1, 0.15) is 26.2 Å². The minimum atomic E-state index is -3.33. The molecule has 5 atom stereocenters. The second-order valence-electron chi connectivity index (χ2n) is 6.15. The van der Waals surface area contributed by atoms with E-state index in [2.05, 4.69) is 0 Å². The van der Waals surface area contributed by atoms with E-state index in [1.807, 2.05) is 0 Å². The van der Waals surface area contributed by atoms with Gasteiger partial charge in [-0.25, -0.2) is 13.8 Å². The highest BCUT2D eigenvalue weighted by molar-refractivity contribution is 6.30. The van der Waals surface area contributed by atoms with Gasteiger partial charge in [0, 0.05) is 6.20 Å². The summed E-state index contributed by atoms with van der Waals surface area (Å²) in [7, 11) is 0. The van der Waals surface area contributed by atoms with Crippen LogP contribution in [-0.4, -0.2) is 71.1 Å². The first-order chi connectivity index (χ1) is 12.5. The zero-order chi connectivity index (χ0) is 20.6. The summed E-state index contributed by atoms with van der Waals surface area (Å²) in [5, 5.41) is 50.5. The van der Waals surface area contributed by atoms with Crippen LogP contribution in [0.2, 0.25) is 5.02 Å². The van der Waals surface area contributed by atoms with E-state index < -0.39 is 53.0 Å². The molecule has 1 fully saturated rings. The average Bonchev–Trinajstić information content (AvgIpc) is 2.84. The molecule has 1 aliphatic heterocycles. The number of unbranched alkanes of at least 4 members (excludes halogenated alkanes) is 1. The first-order valence-electron chi connectivity index (χ1n) is 8.10. The third-order valence-corrected chi connectivity index (χ3v) is 4.64. The fraction of sp³-hybridized carbons (Fsp3) is 0.714. The number of hydroxylamine groups is 2. The fourth-order valence-electron chi connectivity index (χ4n) is 2.85. The third kappa shape index (κ3) is 3.43. The van der Waals surface area contributed by atoms with E-state index >= 15 is 0 Å². The maximum absolute atomic E-state index is 14.4. The van der Waals surface area contributed by atoms with Crippen LogP contribution in [-0.2, 0) is 10.6 Å². The predicted molar refractivity (Wildman–Crippen MR) is 87.5 cm³/mol. The monoisotopic (exact) mass is 413 g/mol. The number of hydrogen-bond acceptors (Lipinski definition) is 9. The lowest BCUT2D eigenvalue weighted by Crippen LogP contribution is -2.69. The van der Waals surface area contributed by atoms with Crippen molar-refractivity contribution in [1.82, 2.24) is 14.6 Å². The summed E-state index contributed by atoms with van der Waals surface area (Å²) >= 11 is 5.62. The Morgan fingerprint density at radius 3 is 2.67 bits per heavy atom. The molecule has 0 aromatic carbocycles. The molecular formula is C14H21ClFN3O8. The van der Waals surface area contributed by atoms with Crippen LogP contribution in [0, 0.1) is 0 Å². The molecule has 154 valence electrons. The molecule has 0 saturated carbocycles. The summed E-state index contributed by atoms with van der Waals surface area (Å²) in [6.07, 6.45) is -5.12. The van der Waals surface area contributed by atoms with E-state index in [0.29, 0.717) is 12.6 Å². The lowest BCUT2D eigenvalue weighted by Gasteiger charge is -2.43. The van der Waals surface area contributed by atoms with Gasteiger partial charge in [0.05, 0.1) is 6.61 Å². The predicted octanol–water partition coefficient (Wildman–Crippen LogP) is -1.59. The van der Waals surface area contributed by atoms with E-state index in [1.165, 1.54) is 0 Å². The summed E-state index contributed by atoms with van der Waals surface area (Å²) in [5.41, 5.74) is -5.69. The van der Waals surface area contributed by atoms with Crippen LogP contribution in [0.3, 0.4) is 0 Å². The molecule has 13 heteroatoms. The zero-order valence-electron chi connectivity index (χ0n) is 14.2. The number of aromatic amines is 1. The second-order valence-corrected chi connectivity index (χ2v) is 6.55. The number of nitrogens with zero attached hydrogens (tertiary/aromatic N) is 2. The molecule has 11 nitrogen and oxygen atoms in total. The molecule has 0 aliphatic carbocycles. The number of nitrogens with one attached hydrogen (secondary N) is 1. The number of halogens is 2. The van der Waals surface area contributed by atoms with Crippen molar-refractivity contribution in [3.05, 3.63) is 32.1 Å². The molecule has 0 spiro atoms. The van der Waals surface area contributed by atoms with Crippen LogP contribution in [0.5, 0.6) is 0 Å². The van der Waals surface area contributed by atoms with Crippen molar-refractivity contribution in [1.29, 1.82) is 0 Å². The van der Waals surface area contributed by atoms with Gasteiger partial charge < -0.3 is 30.4 Å². The molecule has 1 aromatic rings. The molecule has 27 heavy (non-hydrogen) atoms. The Hall–Kier alpha value is -1.38. The van der Waals surface area contributed by atoms with Crippen LogP contribution in [0.15, 0.2) is 15.8 Å². The SMILES string of the molecule is CCCCC(F)N(O)[C@@]1(O)[C@H](O)[C@@H](CO)O[C@]1(O)n1cc(Cl)c(=O)[nH]c1=O. The molecule has 1 aromatic heterocycles. The number of aliphatic hydroxyl groups excluding tert-OH is 2. The Bertz CT molecular complexity index is 790. The van der Waals surface area contributed by atoms with E-state index in [9.17, 15) is 39.6 Å². The summed E-state index contributed by atoms with van der Waals surface area (Å²) in [5.74, 6) is -3.31. The number of ether oxygens (including phenoxy) is 1. The minimum absolute atomic E-state index is 0.172. The molecule has 6 N–H and O–H groups in total. The van der Waals surface area contributed by atoms with Crippen molar-refractivity contribution < 1.29 is 34.8 Å². The summed E-state index contributed by atoms with van der Waals surface area (Å²) < 4.78 is 19.5. The van der Waals surface area contributed by atoms with Gasteiger partial charge in [0.15, 0.2) is 6.30 Å². The van der Waals surface area contributed by atoms with Crippen LogP contribution in [0.25, 0.3) is 0 Å². The van der Waals surface area contributed by atoms with Crippen LogP contribution in [0.4, 0.5) is 4.39 Å². The zero-order valence-corrected chi connectivity index (χ0v) is 15.0. The highest BCUT2D eigenvalue weighted by Gasteiger charge is 2.71. The van der Waals surface area contributed by atoms with Crippen molar-refractivity contribution in [3.63, 3.8) is 0 Å². The first kappa shape index (κ1) is 21.9. The number of aliphatic hydroxyl groups is 4. The number of hydrogen-bond donors (Lipinski definition) is 6. The van der Waals surface area contributed by atoms with Gasteiger partial charge >= 0.3 is 11.6 Å². The van der Waals surface area contributed by atoms with E-state index in [4.69, 9.17) is 16.3 Å². The summed E-state index contributed by atoms with van der Waals surface area (Å²) in [6.45, 7) is 0.786. The van der Waals surface area contributed by atoms with Gasteiger partial charge in [0.1, 0.15) is 17.2 Å². The van der Waals surface area contributed by atoms with E-state index in [1.54, 1.807) is 11.9 Å². The lowest BCUT2D eigenvalue weighted by atomic mass is 10.00. The molecule has 1 aliphatic rings. The average molecular weight is 414 g/mol. The molecule has 1 unspecified atom stereocenters. The molecule has 0 radical (unpaired) electrons. The van der Waals surface area contributed by atoms with Crippen molar-refractivity contribution in [2.75, 3.05) is 6.61 Å². The van der Waals surface area contributed by atoms with Gasteiger partial charge in [-0.3, -0.25) is 9.78 Å². The normalized spacial score (nSPS) is 32.2. The molecule has 2 rings (SSSR count). The van der Waals surface area contributed by atoms with Crippen molar-refractivity contribution in [3.8, 4) is 0 Å². The van der Waals surface area contributed by atoms with E-state index in [0.717, 1.165) is 0 Å². The Morgan fingerprint density at radius 1 is 1.48 bits per heavy atom. The van der Waals surface area contributed by atoms with Gasteiger partial charge in [0.25, 0.3) is 5.56 Å². The Labute approximate surface area is 156 Å². The van der Waals surface area contributed by atoms with Crippen LogP contribution < -0.4 is 11.2 Å². The topological polar surface area (TPSA) is 168 Å². The summed E-state index contributed by atoms with van der Waals surface area (Å²) in [4.78, 5) is 25.2. The van der Waals surface area contributed by atoms with Crippen molar-refractivity contribution in [2.45, 2.75) is 56.3 Å². The molecule has 0 bridgehead atoms. The van der Waals surface area contributed by atoms with Gasteiger partial charge in [-0.05, 0) is 12.8 Å². The van der Waals surface area contributed by atoms with Gasteiger partial charge in [0.2, 0.25) is 5.72 Å². The van der Waals surface area contributed by atoms with Gasteiger partial charge in [-0.1, -0.05) is 24.9 Å². The quantitative estimate of drug-likeness (QED) is 0.175. The largest absolute Gasteiger partial charge is 0.394 e. The molecular weight excluding hydrogens is 393 g/mol. The third-order valence-electron chi connectivity index (χ3n) is 4.38. The first-order valence-corrected chi connectivity index (χ1v) is 8.48. The van der Waals surface area contributed by atoms with E-state index in [-0.39, 0.29) is 22.5 Å². The van der Waals surface area contributed by atoms with Crippen LogP contribution >= 0.6 is 11.6 Å². The number of H-pyrrole nitrogens is 1. The highest BCUT2D eigenvalue weighted by Crippen LogP contribution is 2.44. The maximum Gasteiger partial charge on any atom is 0.332 e. The fourth-order valence-corrected chi connectivity index (χ4v) is 3.00. The minimum Gasteiger partial charge on any atom is -0.394 e. The summed E-state index contributed by atoms with van der Waals surface area (Å²) in [6, 6.07) is 0. The Kier molecular flexibility index (Phi) is 6.44. The van der Waals surface area contributed by atoms with Gasteiger partial charge in [-0.15, -0.1) is 5.06 Å². The Morgan fingerprint density at radius 2 is 2.11 bits per heavy atom. The van der Waals surface area contributed by atoms with Gasteiger partial charge in [-0.2, -0.15) is 0 Å². The lowest BCUT2D eigenvalue weighted by molar-refractivity contribution is -0.428. The molecule has 2 heterocycles. The number of aromatic nitrogens is 2. The molecule has 0 amide bonds.